The van der Waals surface area contributed by atoms with Crippen molar-refractivity contribution < 1.29 is 0 Å². The topological polar surface area (TPSA) is 54.0 Å². The average Bonchev–Trinajstić information content (AvgIpc) is 2.88. The number of nitriles is 1. The van der Waals surface area contributed by atoms with E-state index in [1.54, 1.807) is 17.0 Å². The summed E-state index contributed by atoms with van der Waals surface area (Å²) in [6, 6.07) is 19.6. The summed E-state index contributed by atoms with van der Waals surface area (Å²) in [5.41, 5.74) is 4.57. The van der Waals surface area contributed by atoms with Crippen LogP contribution in [0.3, 0.4) is 0 Å². The second kappa shape index (κ2) is 6.29. The lowest BCUT2D eigenvalue weighted by atomic mass is 10.1. The maximum atomic E-state index is 8.96. The fourth-order valence-corrected chi connectivity index (χ4v) is 2.50. The molecule has 0 fully saturated rings. The molecule has 3 rings (SSSR count). The Balaban J connectivity index is 1.96. The summed E-state index contributed by atoms with van der Waals surface area (Å²) in [5.74, 6) is 0.811. The van der Waals surface area contributed by atoms with Gasteiger partial charge < -0.3 is 0 Å². The average molecular weight is 300 g/mol. The summed E-state index contributed by atoms with van der Waals surface area (Å²) in [5, 5.41) is 13.5. The highest BCUT2D eigenvalue weighted by atomic mass is 15.3. The van der Waals surface area contributed by atoms with Crippen molar-refractivity contribution in [1.29, 1.82) is 5.26 Å². The smallest absolute Gasteiger partial charge is 0.153 e. The first-order valence-corrected chi connectivity index (χ1v) is 7.32. The van der Waals surface area contributed by atoms with Crippen LogP contribution in [0.25, 0.3) is 11.3 Å². The van der Waals surface area contributed by atoms with Gasteiger partial charge in [0, 0.05) is 24.4 Å². The van der Waals surface area contributed by atoms with Crippen molar-refractivity contribution in [2.45, 2.75) is 6.92 Å². The SMILES string of the molecule is Cc1c(-c2ccccc2)nn(C)c1/N=C/c1cccc(C#N)c1. The van der Waals surface area contributed by atoms with E-state index < -0.39 is 0 Å². The van der Waals surface area contributed by atoms with Crippen LogP contribution >= 0.6 is 0 Å². The molecule has 0 spiro atoms. The first-order chi connectivity index (χ1) is 11.2. The van der Waals surface area contributed by atoms with E-state index in [-0.39, 0.29) is 0 Å². The Morgan fingerprint density at radius 1 is 1.13 bits per heavy atom. The summed E-state index contributed by atoms with van der Waals surface area (Å²) in [6.07, 6.45) is 1.76. The van der Waals surface area contributed by atoms with Crippen molar-refractivity contribution in [2.24, 2.45) is 12.0 Å². The number of aromatic nitrogens is 2. The maximum absolute atomic E-state index is 8.96. The molecule has 0 aliphatic carbocycles. The number of rotatable bonds is 3. The number of benzene rings is 2. The molecule has 0 amide bonds. The quantitative estimate of drug-likeness (QED) is 0.686. The van der Waals surface area contributed by atoms with Crippen LogP contribution in [0.4, 0.5) is 5.82 Å². The lowest BCUT2D eigenvalue weighted by Gasteiger charge is -1.98. The molecule has 0 radical (unpaired) electrons. The third-order valence-corrected chi connectivity index (χ3v) is 3.65. The molecular formula is C19H16N4. The van der Waals surface area contributed by atoms with Gasteiger partial charge in [-0.05, 0) is 24.6 Å². The minimum Gasteiger partial charge on any atom is -0.250 e. The van der Waals surface area contributed by atoms with Crippen LogP contribution in [0, 0.1) is 18.3 Å². The van der Waals surface area contributed by atoms with Gasteiger partial charge in [-0.2, -0.15) is 10.4 Å². The molecule has 112 valence electrons. The fraction of sp³-hybridized carbons (Fsp3) is 0.105. The standard InChI is InChI=1S/C19H16N4/c1-14-18(17-9-4-3-5-10-17)22-23(2)19(14)21-13-16-8-6-7-15(11-16)12-20/h3-11,13H,1-2H3/b21-13+. The molecule has 4 heteroatoms. The molecule has 0 saturated carbocycles. The van der Waals surface area contributed by atoms with Gasteiger partial charge in [-0.25, -0.2) is 4.99 Å². The molecule has 2 aromatic carbocycles. The maximum Gasteiger partial charge on any atom is 0.153 e. The molecule has 1 aromatic heterocycles. The Morgan fingerprint density at radius 3 is 2.65 bits per heavy atom. The highest BCUT2D eigenvalue weighted by Crippen LogP contribution is 2.29. The Labute approximate surface area is 135 Å². The lowest BCUT2D eigenvalue weighted by molar-refractivity contribution is 0.773. The van der Waals surface area contributed by atoms with Gasteiger partial charge in [0.05, 0.1) is 17.3 Å². The van der Waals surface area contributed by atoms with Gasteiger partial charge in [0.15, 0.2) is 5.82 Å². The summed E-state index contributed by atoms with van der Waals surface area (Å²) in [4.78, 5) is 4.56. The number of nitrogens with zero attached hydrogens (tertiary/aromatic N) is 4. The van der Waals surface area contributed by atoms with E-state index in [2.05, 4.69) is 16.2 Å². The first kappa shape index (κ1) is 14.7. The van der Waals surface area contributed by atoms with Crippen LogP contribution < -0.4 is 0 Å². The number of aryl methyl sites for hydroxylation is 1. The van der Waals surface area contributed by atoms with Crippen molar-refractivity contribution in [3.63, 3.8) is 0 Å². The predicted octanol–water partition coefficient (Wildman–Crippen LogP) is 4.02. The van der Waals surface area contributed by atoms with Crippen LogP contribution in [0.5, 0.6) is 0 Å². The van der Waals surface area contributed by atoms with Gasteiger partial charge in [-0.3, -0.25) is 4.68 Å². The molecule has 0 unspecified atom stereocenters. The highest BCUT2D eigenvalue weighted by Gasteiger charge is 2.12. The van der Waals surface area contributed by atoms with Crippen molar-refractivity contribution in [3.8, 4) is 17.3 Å². The van der Waals surface area contributed by atoms with Crippen molar-refractivity contribution in [3.05, 3.63) is 71.3 Å². The Kier molecular flexibility index (Phi) is 4.03. The zero-order valence-corrected chi connectivity index (χ0v) is 13.1. The summed E-state index contributed by atoms with van der Waals surface area (Å²) in [6.45, 7) is 2.02. The Bertz CT molecular complexity index is 899. The largest absolute Gasteiger partial charge is 0.250 e. The Hall–Kier alpha value is -3.19. The molecule has 0 aliphatic rings. The van der Waals surface area contributed by atoms with E-state index in [1.165, 1.54) is 0 Å². The molecule has 3 aromatic rings. The molecule has 23 heavy (non-hydrogen) atoms. The molecule has 0 saturated heterocycles. The first-order valence-electron chi connectivity index (χ1n) is 7.32. The van der Waals surface area contributed by atoms with E-state index in [1.807, 2.05) is 62.5 Å². The van der Waals surface area contributed by atoms with Gasteiger partial charge in [-0.15, -0.1) is 0 Å². The van der Waals surface area contributed by atoms with E-state index in [0.29, 0.717) is 5.56 Å². The molecule has 0 N–H and O–H groups in total. The van der Waals surface area contributed by atoms with Crippen molar-refractivity contribution in [1.82, 2.24) is 9.78 Å². The van der Waals surface area contributed by atoms with E-state index in [4.69, 9.17) is 5.26 Å². The van der Waals surface area contributed by atoms with Crippen LogP contribution in [0.1, 0.15) is 16.7 Å². The zero-order valence-electron chi connectivity index (χ0n) is 13.1. The van der Waals surface area contributed by atoms with Crippen molar-refractivity contribution >= 4 is 12.0 Å². The molecule has 0 aliphatic heterocycles. The lowest BCUT2D eigenvalue weighted by Crippen LogP contribution is -1.90. The third kappa shape index (κ3) is 3.04. The monoisotopic (exact) mass is 300 g/mol. The summed E-state index contributed by atoms with van der Waals surface area (Å²) in [7, 11) is 1.89. The van der Waals surface area contributed by atoms with Crippen molar-refractivity contribution in [2.75, 3.05) is 0 Å². The number of hydrogen-bond acceptors (Lipinski definition) is 3. The molecule has 0 atom stereocenters. The minimum absolute atomic E-state index is 0.626. The molecule has 1 heterocycles. The van der Waals surface area contributed by atoms with Crippen LogP contribution in [-0.4, -0.2) is 16.0 Å². The second-order valence-electron chi connectivity index (χ2n) is 5.28. The third-order valence-electron chi connectivity index (χ3n) is 3.65. The second-order valence-corrected chi connectivity index (χ2v) is 5.28. The van der Waals surface area contributed by atoms with Gasteiger partial charge in [0.1, 0.15) is 0 Å². The van der Waals surface area contributed by atoms with Crippen LogP contribution in [0.15, 0.2) is 59.6 Å². The van der Waals surface area contributed by atoms with Gasteiger partial charge in [0.25, 0.3) is 0 Å². The highest BCUT2D eigenvalue weighted by molar-refractivity contribution is 5.83. The van der Waals surface area contributed by atoms with Gasteiger partial charge >= 0.3 is 0 Å². The summed E-state index contributed by atoms with van der Waals surface area (Å²) < 4.78 is 1.78. The van der Waals surface area contributed by atoms with Gasteiger partial charge in [0.2, 0.25) is 0 Å². The minimum atomic E-state index is 0.626. The Morgan fingerprint density at radius 2 is 1.91 bits per heavy atom. The van der Waals surface area contributed by atoms with E-state index in [9.17, 15) is 0 Å². The van der Waals surface area contributed by atoms with Crippen LogP contribution in [0.2, 0.25) is 0 Å². The van der Waals surface area contributed by atoms with E-state index >= 15 is 0 Å². The van der Waals surface area contributed by atoms with E-state index in [0.717, 1.165) is 28.2 Å². The summed E-state index contributed by atoms with van der Waals surface area (Å²) >= 11 is 0. The van der Waals surface area contributed by atoms with Crippen LogP contribution in [-0.2, 0) is 7.05 Å². The number of aliphatic imine (C=N–C) groups is 1. The molecule has 0 bridgehead atoms. The normalized spacial score (nSPS) is 10.8. The zero-order chi connectivity index (χ0) is 16.2. The van der Waals surface area contributed by atoms with Gasteiger partial charge in [-0.1, -0.05) is 42.5 Å². The number of hydrogen-bond donors (Lipinski definition) is 0. The fourth-order valence-electron chi connectivity index (χ4n) is 2.50. The predicted molar refractivity (Wildman–Crippen MR) is 91.8 cm³/mol. The molecule has 4 nitrogen and oxygen atoms in total. The molecular weight excluding hydrogens is 284 g/mol.